The van der Waals surface area contributed by atoms with E-state index in [0.29, 0.717) is 6.61 Å². The standard InChI is InChI=1S/C13H16N.C10H16NO.C9H14N.2C8H20NO.C7H18N/c1-2-3-10-14-11-6-8-12-7-4-5-9-13(12)14;1-2-9-12-10-8-11-6-4-3-5-7-11;1-2-3-7-10-8-5-4-6-9-10;1-5-7-10-8-6-9(2,3)4;1-4-5-6-9(2,3)7-8-10;1-5-6-7-8(2,3)4/h4-9,11H,2-3,10H2,1H3;3-7H,2,8-10H2,1H3;4-6,8-9H,2-3,7H2,1H3;5-8H2,1-4H3;10H,4-8H2,1-3H3;5-7H2,1-4H3/q6*+1. The van der Waals surface area contributed by atoms with Gasteiger partial charge in [-0.25, -0.2) is 9.13 Å². The molecule has 0 fully saturated rings. The molecule has 0 aliphatic rings. The van der Waals surface area contributed by atoms with Crippen LogP contribution in [0.4, 0.5) is 0 Å². The highest BCUT2D eigenvalue weighted by molar-refractivity contribution is 5.74. The number of fused-ring (bicyclic) bond motifs is 1. The SMILES string of the molecule is CCCC[N+](C)(C)C.CCCC[N+](C)(C)CCO.CCCC[n+]1cccc2ccccc21.CCCC[n+]1ccccc1.CCCOCC[N+](C)(C)C.CCCOCC[n+]1ccccc1. The molecule has 3 aromatic heterocycles. The van der Waals surface area contributed by atoms with Gasteiger partial charge in [-0.1, -0.05) is 91.5 Å². The zero-order valence-corrected chi connectivity index (χ0v) is 44.3. The van der Waals surface area contributed by atoms with Gasteiger partial charge in [-0.3, -0.25) is 0 Å². The molecule has 4 aromatic rings. The maximum absolute atomic E-state index is 8.69. The summed E-state index contributed by atoms with van der Waals surface area (Å²) in [6.45, 7) is 24.6. The molecule has 0 aliphatic carbocycles. The summed E-state index contributed by atoms with van der Waals surface area (Å²) in [4.78, 5) is 0. The topological polar surface area (TPSA) is 50.3 Å². The third kappa shape index (κ3) is 41.4. The average Bonchev–Trinajstić information content (AvgIpc) is 3.28. The second-order valence-electron chi connectivity index (χ2n) is 19.3. The van der Waals surface area contributed by atoms with Crippen LogP contribution in [0.15, 0.2) is 104 Å². The zero-order chi connectivity index (χ0) is 48.4. The molecular weight excluding hydrogens is 793 g/mol. The number of unbranched alkanes of at least 4 members (excludes halogenated alkanes) is 4. The Morgan fingerprint density at radius 2 is 0.891 bits per heavy atom. The van der Waals surface area contributed by atoms with E-state index in [2.05, 4.69) is 191 Å². The molecule has 1 aromatic carbocycles. The van der Waals surface area contributed by atoms with Crippen LogP contribution in [0.5, 0.6) is 0 Å². The summed E-state index contributed by atoms with van der Waals surface area (Å²) in [6.07, 6.45) is 22.9. The Hall–Kier alpha value is -3.31. The molecule has 0 unspecified atom stereocenters. The Labute approximate surface area is 396 Å². The molecule has 0 amide bonds. The van der Waals surface area contributed by atoms with Gasteiger partial charge in [0.25, 0.3) is 0 Å². The molecule has 3 heterocycles. The van der Waals surface area contributed by atoms with Gasteiger partial charge in [-0.2, -0.15) is 4.57 Å². The Morgan fingerprint density at radius 3 is 1.38 bits per heavy atom. The highest BCUT2D eigenvalue weighted by Gasteiger charge is 2.12. The molecule has 0 spiro atoms. The van der Waals surface area contributed by atoms with Gasteiger partial charge >= 0.3 is 0 Å². The first-order valence-electron chi connectivity index (χ1n) is 25.0. The lowest BCUT2D eigenvalue weighted by atomic mass is 10.2. The monoisotopic (exact) mass is 897 g/mol. The minimum atomic E-state index is 0.302. The molecule has 0 saturated carbocycles. The zero-order valence-electron chi connectivity index (χ0n) is 44.3. The Morgan fingerprint density at radius 1 is 0.422 bits per heavy atom. The van der Waals surface area contributed by atoms with Crippen molar-refractivity contribution in [2.24, 2.45) is 0 Å². The minimum Gasteiger partial charge on any atom is -0.391 e. The van der Waals surface area contributed by atoms with Crippen LogP contribution in [0.3, 0.4) is 0 Å². The van der Waals surface area contributed by atoms with Gasteiger partial charge in [0, 0.05) is 67.8 Å². The summed E-state index contributed by atoms with van der Waals surface area (Å²) in [5.41, 5.74) is 1.34. The van der Waals surface area contributed by atoms with Crippen LogP contribution in [0.2, 0.25) is 0 Å². The molecule has 4 rings (SSSR count). The number of para-hydroxylation sites is 1. The average molecular weight is 897 g/mol. The Bertz CT molecular complexity index is 1550. The van der Waals surface area contributed by atoms with Crippen LogP contribution in [0.25, 0.3) is 10.9 Å². The molecule has 1 N–H and O–H groups in total. The molecule has 0 bridgehead atoms. The van der Waals surface area contributed by atoms with E-state index >= 15 is 0 Å². The highest BCUT2D eigenvalue weighted by atomic mass is 16.5. The van der Waals surface area contributed by atoms with Crippen molar-refractivity contribution in [1.82, 2.24) is 0 Å². The first-order valence-corrected chi connectivity index (χ1v) is 25.0. The van der Waals surface area contributed by atoms with Gasteiger partial charge in [0.2, 0.25) is 5.52 Å². The van der Waals surface area contributed by atoms with E-state index in [1.165, 1.54) is 75.4 Å². The molecule has 366 valence electrons. The number of aliphatic hydroxyl groups is 1. The summed E-state index contributed by atoms with van der Waals surface area (Å²) in [6, 6.07) is 25.1. The maximum Gasteiger partial charge on any atom is 0.212 e. The predicted molar refractivity (Wildman–Crippen MR) is 274 cm³/mol. The molecule has 0 saturated heterocycles. The minimum absolute atomic E-state index is 0.302. The fourth-order valence-electron chi connectivity index (χ4n) is 5.85. The Balaban J connectivity index is 0. The number of aryl methyl sites for hydroxylation is 2. The van der Waals surface area contributed by atoms with Crippen LogP contribution in [-0.2, 0) is 29.1 Å². The van der Waals surface area contributed by atoms with Gasteiger partial charge in [-0.05, 0) is 37.8 Å². The fraction of sp³-hybridized carbons (Fsp3) is 0.655. The summed E-state index contributed by atoms with van der Waals surface area (Å²) in [7, 11) is 17.5. The number of aliphatic hydroxyl groups excluding tert-OH is 1. The molecule has 0 atom stereocenters. The first-order chi connectivity index (χ1) is 30.5. The number of likely N-dealkylation sites (N-methyl/N-ethyl adjacent to an activating group) is 2. The van der Waals surface area contributed by atoms with Crippen molar-refractivity contribution in [2.75, 3.05) is 116 Å². The van der Waals surface area contributed by atoms with E-state index < -0.39 is 0 Å². The van der Waals surface area contributed by atoms with Crippen molar-refractivity contribution in [3.8, 4) is 0 Å². The number of pyridine rings is 3. The van der Waals surface area contributed by atoms with Crippen molar-refractivity contribution >= 4 is 10.9 Å². The van der Waals surface area contributed by atoms with E-state index in [1.807, 2.05) is 24.3 Å². The van der Waals surface area contributed by atoms with E-state index in [1.54, 1.807) is 0 Å². The van der Waals surface area contributed by atoms with Gasteiger partial charge in [-0.15, -0.1) is 0 Å². The summed E-state index contributed by atoms with van der Waals surface area (Å²) >= 11 is 0. The molecule has 9 heteroatoms. The van der Waals surface area contributed by atoms with Crippen LogP contribution >= 0.6 is 0 Å². The van der Waals surface area contributed by atoms with E-state index in [4.69, 9.17) is 14.6 Å². The predicted octanol–water partition coefficient (Wildman–Crippen LogP) is 9.57. The number of hydrogen-bond donors (Lipinski definition) is 1. The maximum atomic E-state index is 8.69. The van der Waals surface area contributed by atoms with Crippen molar-refractivity contribution < 1.29 is 41.7 Å². The number of ether oxygens (including phenoxy) is 2. The van der Waals surface area contributed by atoms with Crippen molar-refractivity contribution in [1.29, 1.82) is 0 Å². The lowest BCUT2D eigenvalue weighted by Gasteiger charge is -2.28. The highest BCUT2D eigenvalue weighted by Crippen LogP contribution is 2.08. The van der Waals surface area contributed by atoms with E-state index in [0.717, 1.165) is 85.4 Å². The first kappa shape index (κ1) is 62.8. The number of hydrogen-bond acceptors (Lipinski definition) is 3. The molecule has 0 radical (unpaired) electrons. The summed E-state index contributed by atoms with van der Waals surface area (Å²) < 4.78 is 20.4. The molecule has 64 heavy (non-hydrogen) atoms. The van der Waals surface area contributed by atoms with Crippen LogP contribution in [0.1, 0.15) is 106 Å². The molecular formula is C55H104N6O3+6. The number of benzene rings is 1. The third-order valence-corrected chi connectivity index (χ3v) is 9.97. The third-order valence-electron chi connectivity index (χ3n) is 9.97. The second kappa shape index (κ2) is 41.1. The second-order valence-corrected chi connectivity index (χ2v) is 19.3. The van der Waals surface area contributed by atoms with Gasteiger partial charge in [0.1, 0.15) is 32.8 Å². The normalized spacial score (nSPS) is 11.0. The van der Waals surface area contributed by atoms with Gasteiger partial charge < -0.3 is 28.0 Å². The molecule has 0 aliphatic heterocycles. The molecule has 9 nitrogen and oxygen atoms in total. The van der Waals surface area contributed by atoms with Crippen LogP contribution in [-0.4, -0.2) is 134 Å². The smallest absolute Gasteiger partial charge is 0.212 e. The van der Waals surface area contributed by atoms with Crippen molar-refractivity contribution in [3.63, 3.8) is 0 Å². The lowest BCUT2D eigenvalue weighted by Crippen LogP contribution is -2.42. The van der Waals surface area contributed by atoms with E-state index in [9.17, 15) is 0 Å². The Kier molecular flexibility index (Phi) is 40.4. The quantitative estimate of drug-likeness (QED) is 0.0434. The lowest BCUT2D eigenvalue weighted by molar-refractivity contribution is -0.890. The number of rotatable bonds is 24. The number of quaternary nitrogens is 3. The van der Waals surface area contributed by atoms with Crippen molar-refractivity contribution in [2.45, 2.75) is 125 Å². The number of nitrogens with zero attached hydrogens (tertiary/aromatic N) is 6. The summed E-state index contributed by atoms with van der Waals surface area (Å²) in [5, 5.41) is 10.0. The van der Waals surface area contributed by atoms with E-state index in [-0.39, 0.29) is 0 Å². The summed E-state index contributed by atoms with van der Waals surface area (Å²) in [5.74, 6) is 0. The largest absolute Gasteiger partial charge is 0.391 e. The van der Waals surface area contributed by atoms with Gasteiger partial charge in [0.05, 0.1) is 82.7 Å². The fourth-order valence-corrected chi connectivity index (χ4v) is 5.85. The number of aromatic nitrogens is 3. The van der Waals surface area contributed by atoms with Crippen LogP contribution in [0, 0.1) is 0 Å². The van der Waals surface area contributed by atoms with Crippen LogP contribution < -0.4 is 13.7 Å². The van der Waals surface area contributed by atoms with Crippen molar-refractivity contribution in [3.05, 3.63) is 104 Å². The van der Waals surface area contributed by atoms with Gasteiger partial charge in [0.15, 0.2) is 37.5 Å².